The van der Waals surface area contributed by atoms with Gasteiger partial charge in [0, 0.05) is 18.8 Å². The van der Waals surface area contributed by atoms with E-state index in [0.29, 0.717) is 18.5 Å². The molecule has 6 nitrogen and oxygen atoms in total. The van der Waals surface area contributed by atoms with Crippen LogP contribution in [0.2, 0.25) is 0 Å². The molecule has 0 spiro atoms. The third-order valence-corrected chi connectivity index (χ3v) is 4.98. The first kappa shape index (κ1) is 18.4. The van der Waals surface area contributed by atoms with Crippen LogP contribution in [-0.4, -0.2) is 63.0 Å². The number of amides is 1. The van der Waals surface area contributed by atoms with Crippen molar-refractivity contribution in [1.82, 2.24) is 10.2 Å². The summed E-state index contributed by atoms with van der Waals surface area (Å²) in [5, 5.41) is 2.88. The lowest BCUT2D eigenvalue weighted by atomic mass is 10.0. The predicted molar refractivity (Wildman–Crippen MR) is 84.7 cm³/mol. The van der Waals surface area contributed by atoms with Crippen molar-refractivity contribution < 1.29 is 13.2 Å². The summed E-state index contributed by atoms with van der Waals surface area (Å²) < 4.78 is 22.2. The molecule has 1 heterocycles. The van der Waals surface area contributed by atoms with E-state index in [2.05, 4.69) is 24.1 Å². The molecular formula is C14H29N3O3S. The predicted octanol–water partition coefficient (Wildman–Crippen LogP) is -0.0150. The fraction of sp³-hybridized carbons (Fsp3) is 0.929. The van der Waals surface area contributed by atoms with E-state index in [9.17, 15) is 13.2 Å². The average Bonchev–Trinajstić information content (AvgIpc) is 2.88. The zero-order valence-electron chi connectivity index (χ0n) is 13.3. The van der Waals surface area contributed by atoms with Crippen molar-refractivity contribution in [3.8, 4) is 0 Å². The van der Waals surface area contributed by atoms with E-state index in [-0.39, 0.29) is 18.1 Å². The van der Waals surface area contributed by atoms with Crippen molar-refractivity contribution in [3.05, 3.63) is 0 Å². The number of nitrogens with zero attached hydrogens (tertiary/aromatic N) is 1. The Hall–Kier alpha value is -0.660. The molecule has 1 aliphatic rings. The zero-order valence-corrected chi connectivity index (χ0v) is 14.2. The van der Waals surface area contributed by atoms with Gasteiger partial charge in [0.25, 0.3) is 0 Å². The van der Waals surface area contributed by atoms with E-state index in [1.54, 1.807) is 0 Å². The highest BCUT2D eigenvalue weighted by atomic mass is 32.2. The monoisotopic (exact) mass is 319 g/mol. The van der Waals surface area contributed by atoms with Gasteiger partial charge >= 0.3 is 0 Å². The van der Waals surface area contributed by atoms with Crippen LogP contribution in [0.3, 0.4) is 0 Å². The lowest BCUT2D eigenvalue weighted by molar-refractivity contribution is -0.122. The van der Waals surface area contributed by atoms with Gasteiger partial charge in [0.05, 0.1) is 11.8 Å². The third-order valence-electron chi connectivity index (χ3n) is 4.00. The second-order valence-corrected chi connectivity index (χ2v) is 8.58. The molecule has 124 valence electrons. The van der Waals surface area contributed by atoms with Gasteiger partial charge in [-0.3, -0.25) is 9.69 Å². The minimum Gasteiger partial charge on any atom is -0.353 e. The van der Waals surface area contributed by atoms with Crippen LogP contribution in [0.15, 0.2) is 0 Å². The van der Waals surface area contributed by atoms with Gasteiger partial charge in [0.15, 0.2) is 0 Å². The van der Waals surface area contributed by atoms with Crippen LogP contribution in [0.1, 0.15) is 33.1 Å². The Morgan fingerprint density at radius 2 is 1.86 bits per heavy atom. The van der Waals surface area contributed by atoms with E-state index in [4.69, 9.17) is 5.73 Å². The molecule has 2 unspecified atom stereocenters. The molecule has 3 N–H and O–H groups in total. The van der Waals surface area contributed by atoms with E-state index in [0.717, 1.165) is 19.3 Å². The lowest BCUT2D eigenvalue weighted by Crippen LogP contribution is -2.49. The van der Waals surface area contributed by atoms with Crippen LogP contribution in [0.4, 0.5) is 0 Å². The first-order valence-corrected chi connectivity index (χ1v) is 9.72. The molecule has 1 rings (SSSR count). The molecule has 0 aromatic heterocycles. The number of nitrogens with one attached hydrogen (secondary N) is 1. The lowest BCUT2D eigenvalue weighted by Gasteiger charge is -2.31. The molecule has 1 aliphatic heterocycles. The maximum atomic E-state index is 12.0. The van der Waals surface area contributed by atoms with Crippen LogP contribution in [0, 0.1) is 5.92 Å². The molecule has 0 aromatic rings. The molecule has 1 fully saturated rings. The highest BCUT2D eigenvalue weighted by molar-refractivity contribution is 7.90. The Morgan fingerprint density at radius 1 is 1.29 bits per heavy atom. The van der Waals surface area contributed by atoms with E-state index >= 15 is 0 Å². The summed E-state index contributed by atoms with van der Waals surface area (Å²) in [4.78, 5) is 14.4. The van der Waals surface area contributed by atoms with Gasteiger partial charge in [-0.1, -0.05) is 13.8 Å². The molecule has 1 saturated heterocycles. The number of carbonyl (C=O) groups excluding carboxylic acids is 1. The SMILES string of the molecule is CC(C)C(CNC(=O)C(N)CCS(C)(=O)=O)N1CCCC1. The Morgan fingerprint density at radius 3 is 2.33 bits per heavy atom. The second kappa shape index (κ2) is 8.10. The van der Waals surface area contributed by atoms with E-state index in [1.807, 2.05) is 0 Å². The number of hydrogen-bond acceptors (Lipinski definition) is 5. The Kier molecular flexibility index (Phi) is 7.09. The summed E-state index contributed by atoms with van der Waals surface area (Å²) in [5.74, 6) is 0.139. The summed E-state index contributed by atoms with van der Waals surface area (Å²) in [6.45, 7) is 7.04. The molecule has 0 aromatic carbocycles. The van der Waals surface area contributed by atoms with Crippen LogP contribution in [-0.2, 0) is 14.6 Å². The molecular weight excluding hydrogens is 290 g/mol. The van der Waals surface area contributed by atoms with Gasteiger partial charge in [-0.15, -0.1) is 0 Å². The Bertz CT molecular complexity index is 431. The Balaban J connectivity index is 2.42. The maximum Gasteiger partial charge on any atom is 0.237 e. The quantitative estimate of drug-likeness (QED) is 0.656. The molecule has 21 heavy (non-hydrogen) atoms. The van der Waals surface area contributed by atoms with Gasteiger partial charge in [-0.05, 0) is 38.3 Å². The largest absolute Gasteiger partial charge is 0.353 e. The van der Waals surface area contributed by atoms with Gasteiger partial charge in [0.1, 0.15) is 9.84 Å². The van der Waals surface area contributed by atoms with Gasteiger partial charge in [0.2, 0.25) is 5.91 Å². The van der Waals surface area contributed by atoms with Crippen molar-refractivity contribution >= 4 is 15.7 Å². The molecule has 1 amide bonds. The topological polar surface area (TPSA) is 92.5 Å². The summed E-state index contributed by atoms with van der Waals surface area (Å²) in [5.41, 5.74) is 5.75. The number of likely N-dealkylation sites (tertiary alicyclic amines) is 1. The van der Waals surface area contributed by atoms with Crippen LogP contribution in [0.5, 0.6) is 0 Å². The normalized spacial score (nSPS) is 19.7. The molecule has 0 radical (unpaired) electrons. The van der Waals surface area contributed by atoms with Crippen molar-refractivity contribution in [3.63, 3.8) is 0 Å². The van der Waals surface area contributed by atoms with Crippen molar-refractivity contribution in [1.29, 1.82) is 0 Å². The third kappa shape index (κ3) is 6.76. The number of sulfone groups is 1. The van der Waals surface area contributed by atoms with Gasteiger partial charge in [-0.2, -0.15) is 0 Å². The average molecular weight is 319 g/mol. The van der Waals surface area contributed by atoms with Gasteiger partial charge in [-0.25, -0.2) is 8.42 Å². The minimum atomic E-state index is -3.08. The van der Waals surface area contributed by atoms with Crippen LogP contribution in [0.25, 0.3) is 0 Å². The van der Waals surface area contributed by atoms with Crippen molar-refractivity contribution in [2.24, 2.45) is 11.7 Å². The van der Waals surface area contributed by atoms with Crippen molar-refractivity contribution in [2.75, 3.05) is 31.6 Å². The summed E-state index contributed by atoms with van der Waals surface area (Å²) in [7, 11) is -3.08. The van der Waals surface area contributed by atoms with Crippen LogP contribution < -0.4 is 11.1 Å². The van der Waals surface area contributed by atoms with E-state index < -0.39 is 15.9 Å². The highest BCUT2D eigenvalue weighted by Gasteiger charge is 2.25. The number of nitrogens with two attached hydrogens (primary N) is 1. The molecule has 0 saturated carbocycles. The minimum absolute atomic E-state index is 0.0542. The smallest absolute Gasteiger partial charge is 0.237 e. The number of hydrogen-bond donors (Lipinski definition) is 2. The summed E-state index contributed by atoms with van der Waals surface area (Å²) in [6.07, 6.45) is 3.75. The second-order valence-electron chi connectivity index (χ2n) is 6.32. The molecule has 7 heteroatoms. The maximum absolute atomic E-state index is 12.0. The Labute approximate surface area is 128 Å². The van der Waals surface area contributed by atoms with E-state index in [1.165, 1.54) is 12.8 Å². The number of carbonyl (C=O) groups is 1. The fourth-order valence-electron chi connectivity index (χ4n) is 2.67. The summed E-state index contributed by atoms with van der Waals surface area (Å²) >= 11 is 0. The van der Waals surface area contributed by atoms with Crippen LogP contribution >= 0.6 is 0 Å². The van der Waals surface area contributed by atoms with Gasteiger partial charge < -0.3 is 11.1 Å². The summed E-state index contributed by atoms with van der Waals surface area (Å²) in [6, 6.07) is -0.440. The standard InChI is InChI=1S/C14H29N3O3S/c1-11(2)13(17-7-4-5-8-17)10-16-14(18)12(15)6-9-21(3,19)20/h11-13H,4-10,15H2,1-3H3,(H,16,18). The number of rotatable bonds is 8. The molecule has 2 atom stereocenters. The first-order valence-electron chi connectivity index (χ1n) is 7.66. The highest BCUT2D eigenvalue weighted by Crippen LogP contribution is 2.17. The molecule has 0 aliphatic carbocycles. The fourth-order valence-corrected chi connectivity index (χ4v) is 3.35. The first-order chi connectivity index (χ1) is 9.70. The molecule has 0 bridgehead atoms. The van der Waals surface area contributed by atoms with Crippen molar-refractivity contribution in [2.45, 2.75) is 45.2 Å². The zero-order chi connectivity index (χ0) is 16.0.